The van der Waals surface area contributed by atoms with Crippen LogP contribution in [0.25, 0.3) is 20.7 Å². The molecule has 4 heterocycles. The van der Waals surface area contributed by atoms with E-state index in [0.29, 0.717) is 27.3 Å². The largest absolute Gasteiger partial charge is 0.420 e. The van der Waals surface area contributed by atoms with Crippen molar-refractivity contribution in [2.45, 2.75) is 19.1 Å². The third kappa shape index (κ3) is 3.85. The van der Waals surface area contributed by atoms with Crippen LogP contribution in [0.15, 0.2) is 41.5 Å². The maximum absolute atomic E-state index is 13.7. The summed E-state index contributed by atoms with van der Waals surface area (Å²) in [7, 11) is 0. The van der Waals surface area contributed by atoms with Gasteiger partial charge in [0, 0.05) is 23.6 Å². The SMILES string of the molecule is O=c1[nH]ccc2sc(-c3nc(Nc4cc5c(cc4Cl)CNCC5)ncc3C(F)(F)F)cc12. The van der Waals surface area contributed by atoms with Gasteiger partial charge in [0.25, 0.3) is 5.56 Å². The number of pyridine rings is 1. The summed E-state index contributed by atoms with van der Waals surface area (Å²) in [6, 6.07) is 6.76. The molecule has 0 bridgehead atoms. The lowest BCUT2D eigenvalue weighted by molar-refractivity contribution is -0.137. The summed E-state index contributed by atoms with van der Waals surface area (Å²) in [5.41, 5.74) is 1.05. The zero-order chi connectivity index (χ0) is 22.5. The summed E-state index contributed by atoms with van der Waals surface area (Å²) in [4.78, 5) is 22.8. The lowest BCUT2D eigenvalue weighted by Gasteiger charge is -2.19. The van der Waals surface area contributed by atoms with Crippen molar-refractivity contribution in [1.82, 2.24) is 20.3 Å². The Bertz CT molecular complexity index is 1400. The highest BCUT2D eigenvalue weighted by atomic mass is 35.5. The van der Waals surface area contributed by atoms with Gasteiger partial charge in [0.05, 0.1) is 26.7 Å². The van der Waals surface area contributed by atoms with Crippen LogP contribution in [0, 0.1) is 0 Å². The molecule has 0 amide bonds. The van der Waals surface area contributed by atoms with E-state index in [9.17, 15) is 18.0 Å². The number of halogens is 4. The summed E-state index contributed by atoms with van der Waals surface area (Å²) < 4.78 is 41.6. The predicted octanol–water partition coefficient (Wildman–Crippen LogP) is 5.11. The summed E-state index contributed by atoms with van der Waals surface area (Å²) in [6.45, 7) is 1.54. The van der Waals surface area contributed by atoms with Crippen LogP contribution in [-0.2, 0) is 19.1 Å². The molecule has 5 rings (SSSR count). The van der Waals surface area contributed by atoms with Crippen LogP contribution in [0.1, 0.15) is 16.7 Å². The maximum atomic E-state index is 13.7. The van der Waals surface area contributed by atoms with E-state index in [0.717, 1.165) is 41.6 Å². The first-order chi connectivity index (χ1) is 15.3. The Morgan fingerprint density at radius 2 is 2.03 bits per heavy atom. The second-order valence-electron chi connectivity index (χ2n) is 7.30. The third-order valence-electron chi connectivity index (χ3n) is 5.20. The van der Waals surface area contributed by atoms with Gasteiger partial charge in [-0.1, -0.05) is 11.6 Å². The van der Waals surface area contributed by atoms with Crippen LogP contribution in [0.2, 0.25) is 5.02 Å². The monoisotopic (exact) mass is 477 g/mol. The number of alkyl halides is 3. The Kier molecular flexibility index (Phi) is 5.15. The molecule has 1 aliphatic heterocycles. The van der Waals surface area contributed by atoms with E-state index >= 15 is 0 Å². The highest BCUT2D eigenvalue weighted by molar-refractivity contribution is 7.22. The van der Waals surface area contributed by atoms with Gasteiger partial charge in [-0.2, -0.15) is 13.2 Å². The molecular weight excluding hydrogens is 463 g/mol. The highest BCUT2D eigenvalue weighted by Crippen LogP contribution is 2.40. The fourth-order valence-electron chi connectivity index (χ4n) is 3.65. The van der Waals surface area contributed by atoms with Gasteiger partial charge >= 0.3 is 6.18 Å². The number of hydrogen-bond acceptors (Lipinski definition) is 6. The van der Waals surface area contributed by atoms with Crippen molar-refractivity contribution in [3.8, 4) is 10.6 Å². The smallest absolute Gasteiger partial charge is 0.329 e. The Balaban J connectivity index is 1.59. The molecule has 0 atom stereocenters. The summed E-state index contributed by atoms with van der Waals surface area (Å²) in [6.07, 6.45) is -1.64. The summed E-state index contributed by atoms with van der Waals surface area (Å²) in [5.74, 6) is -0.0184. The molecule has 1 aromatic carbocycles. The van der Waals surface area contributed by atoms with Crippen LogP contribution in [0.4, 0.5) is 24.8 Å². The number of rotatable bonds is 3. The van der Waals surface area contributed by atoms with Gasteiger partial charge in [0.15, 0.2) is 0 Å². The molecule has 0 aliphatic carbocycles. The summed E-state index contributed by atoms with van der Waals surface area (Å²) >= 11 is 7.44. The molecule has 3 N–H and O–H groups in total. The van der Waals surface area contributed by atoms with Gasteiger partial charge in [0.2, 0.25) is 5.95 Å². The number of anilines is 2. The normalized spacial score (nSPS) is 13.9. The molecule has 1 aliphatic rings. The van der Waals surface area contributed by atoms with E-state index in [1.54, 1.807) is 6.07 Å². The average Bonchev–Trinajstić information content (AvgIpc) is 3.19. The topological polar surface area (TPSA) is 82.7 Å². The first-order valence-electron chi connectivity index (χ1n) is 9.64. The van der Waals surface area contributed by atoms with E-state index in [-0.39, 0.29) is 22.1 Å². The molecule has 0 unspecified atom stereocenters. The van der Waals surface area contributed by atoms with Crippen LogP contribution < -0.4 is 16.2 Å². The number of aromatic amines is 1. The van der Waals surface area contributed by atoms with Crippen molar-refractivity contribution in [2.24, 2.45) is 0 Å². The van der Waals surface area contributed by atoms with Crippen molar-refractivity contribution in [3.05, 3.63) is 68.7 Å². The number of nitrogens with zero attached hydrogens (tertiary/aromatic N) is 2. The van der Waals surface area contributed by atoms with Gasteiger partial charge in [-0.15, -0.1) is 11.3 Å². The van der Waals surface area contributed by atoms with Crippen LogP contribution in [0.3, 0.4) is 0 Å². The maximum Gasteiger partial charge on any atom is 0.420 e. The fraction of sp³-hybridized carbons (Fsp3) is 0.190. The molecule has 3 aromatic heterocycles. The van der Waals surface area contributed by atoms with Gasteiger partial charge in [-0.05, 0) is 48.4 Å². The minimum absolute atomic E-state index is 0.0184. The van der Waals surface area contributed by atoms with Crippen molar-refractivity contribution < 1.29 is 13.2 Å². The van der Waals surface area contributed by atoms with Gasteiger partial charge < -0.3 is 15.6 Å². The Labute approximate surface area is 188 Å². The number of H-pyrrole nitrogens is 1. The standard InChI is InChI=1S/C21H15ClF3N5OS/c22-14-5-11-8-26-3-1-10(11)6-15(14)29-20-28-9-13(21(23,24)25)18(30-20)17-7-12-16(32-17)2-4-27-19(12)31/h2,4-7,9,26H,1,3,8H2,(H,27,31)(H,28,29,30). The number of nitrogens with one attached hydrogen (secondary N) is 3. The number of thiophene rings is 1. The van der Waals surface area contributed by atoms with Crippen molar-refractivity contribution in [1.29, 1.82) is 0 Å². The number of aromatic nitrogens is 3. The van der Waals surface area contributed by atoms with Gasteiger partial charge in [-0.25, -0.2) is 9.97 Å². The lowest BCUT2D eigenvalue weighted by atomic mass is 10.0. The molecular formula is C21H15ClF3N5OS. The van der Waals surface area contributed by atoms with Crippen LogP contribution in [-0.4, -0.2) is 21.5 Å². The molecule has 0 saturated carbocycles. The molecule has 32 heavy (non-hydrogen) atoms. The summed E-state index contributed by atoms with van der Waals surface area (Å²) in [5, 5.41) is 6.94. The van der Waals surface area contributed by atoms with E-state index in [2.05, 4.69) is 25.6 Å². The second kappa shape index (κ2) is 7.88. The van der Waals surface area contributed by atoms with Crippen molar-refractivity contribution in [3.63, 3.8) is 0 Å². The molecule has 0 radical (unpaired) electrons. The van der Waals surface area contributed by atoms with Gasteiger partial charge in [0.1, 0.15) is 5.56 Å². The minimum atomic E-state index is -4.66. The fourth-order valence-corrected chi connectivity index (χ4v) is 4.95. The Morgan fingerprint density at radius 1 is 1.19 bits per heavy atom. The zero-order valence-electron chi connectivity index (χ0n) is 16.3. The Hall–Kier alpha value is -2.95. The van der Waals surface area contributed by atoms with E-state index in [1.165, 1.54) is 12.3 Å². The third-order valence-corrected chi connectivity index (χ3v) is 6.62. The van der Waals surface area contributed by atoms with Crippen LogP contribution >= 0.6 is 22.9 Å². The molecule has 164 valence electrons. The quantitative estimate of drug-likeness (QED) is 0.382. The van der Waals surface area contributed by atoms with E-state index < -0.39 is 11.7 Å². The molecule has 0 spiro atoms. The van der Waals surface area contributed by atoms with E-state index in [1.807, 2.05) is 12.1 Å². The van der Waals surface area contributed by atoms with Crippen molar-refractivity contribution in [2.75, 3.05) is 11.9 Å². The first kappa shape index (κ1) is 20.9. The molecule has 11 heteroatoms. The molecule has 0 saturated heterocycles. The van der Waals surface area contributed by atoms with Crippen LogP contribution in [0.5, 0.6) is 0 Å². The second-order valence-corrected chi connectivity index (χ2v) is 8.79. The molecule has 0 fully saturated rings. The van der Waals surface area contributed by atoms with Gasteiger partial charge in [-0.3, -0.25) is 4.79 Å². The molecule has 6 nitrogen and oxygen atoms in total. The minimum Gasteiger partial charge on any atom is -0.329 e. The lowest BCUT2D eigenvalue weighted by Crippen LogP contribution is -2.23. The highest BCUT2D eigenvalue weighted by Gasteiger charge is 2.36. The number of benzene rings is 1. The predicted molar refractivity (Wildman–Crippen MR) is 119 cm³/mol. The average molecular weight is 478 g/mol. The molecule has 4 aromatic rings. The zero-order valence-corrected chi connectivity index (χ0v) is 17.9. The van der Waals surface area contributed by atoms with Crippen molar-refractivity contribution >= 4 is 44.7 Å². The van der Waals surface area contributed by atoms with E-state index in [4.69, 9.17) is 11.6 Å². The number of hydrogen-bond donors (Lipinski definition) is 3. The first-order valence-corrected chi connectivity index (χ1v) is 10.8. The number of fused-ring (bicyclic) bond motifs is 2. The Morgan fingerprint density at radius 3 is 2.81 bits per heavy atom.